The standard InChI is InChI=1S/C7H13NO5S/c9-7(10)1-3-8-14(11,12)6-2-4-13-5-6/h6,8H,1-5H2,(H,9,10). The Kier molecular flexibility index (Phi) is 3.85. The second kappa shape index (κ2) is 4.72. The molecule has 6 nitrogen and oxygen atoms in total. The lowest BCUT2D eigenvalue weighted by atomic mass is 10.4. The van der Waals surface area contributed by atoms with E-state index in [1.165, 1.54) is 0 Å². The average molecular weight is 223 g/mol. The van der Waals surface area contributed by atoms with Crippen LogP contribution in [0.5, 0.6) is 0 Å². The van der Waals surface area contributed by atoms with Gasteiger partial charge >= 0.3 is 5.97 Å². The summed E-state index contributed by atoms with van der Waals surface area (Å²) in [7, 11) is -3.39. The number of sulfonamides is 1. The summed E-state index contributed by atoms with van der Waals surface area (Å²) in [6.45, 7) is 0.584. The maximum atomic E-state index is 11.4. The normalized spacial score (nSPS) is 22.4. The molecule has 7 heteroatoms. The maximum Gasteiger partial charge on any atom is 0.304 e. The Balaban J connectivity index is 2.37. The van der Waals surface area contributed by atoms with Crippen LogP contribution in [0, 0.1) is 0 Å². The molecule has 0 spiro atoms. The van der Waals surface area contributed by atoms with Crippen LogP contribution in [0.15, 0.2) is 0 Å². The van der Waals surface area contributed by atoms with Crippen LogP contribution in [0.3, 0.4) is 0 Å². The minimum Gasteiger partial charge on any atom is -0.481 e. The minimum absolute atomic E-state index is 0.0613. The van der Waals surface area contributed by atoms with Gasteiger partial charge in [0.2, 0.25) is 10.0 Å². The van der Waals surface area contributed by atoms with E-state index in [9.17, 15) is 13.2 Å². The van der Waals surface area contributed by atoms with Crippen molar-refractivity contribution in [1.82, 2.24) is 4.72 Å². The van der Waals surface area contributed by atoms with Gasteiger partial charge in [-0.25, -0.2) is 13.1 Å². The fraction of sp³-hybridized carbons (Fsp3) is 0.857. The van der Waals surface area contributed by atoms with E-state index in [2.05, 4.69) is 4.72 Å². The Morgan fingerprint density at radius 2 is 2.29 bits per heavy atom. The predicted molar refractivity (Wildman–Crippen MR) is 48.4 cm³/mol. The van der Waals surface area contributed by atoms with E-state index in [-0.39, 0.29) is 19.6 Å². The van der Waals surface area contributed by atoms with Crippen LogP contribution >= 0.6 is 0 Å². The van der Waals surface area contributed by atoms with Gasteiger partial charge in [-0.2, -0.15) is 0 Å². The van der Waals surface area contributed by atoms with Crippen molar-refractivity contribution in [3.63, 3.8) is 0 Å². The van der Waals surface area contributed by atoms with Crippen LogP contribution in [0.1, 0.15) is 12.8 Å². The summed E-state index contributed by atoms with van der Waals surface area (Å²) in [6.07, 6.45) is 0.273. The molecule has 1 aliphatic rings. The summed E-state index contributed by atoms with van der Waals surface area (Å²) >= 11 is 0. The van der Waals surface area contributed by atoms with Gasteiger partial charge in [0, 0.05) is 13.2 Å². The molecular formula is C7H13NO5S. The lowest BCUT2D eigenvalue weighted by molar-refractivity contribution is -0.136. The maximum absolute atomic E-state index is 11.4. The van der Waals surface area contributed by atoms with Crippen molar-refractivity contribution < 1.29 is 23.1 Å². The van der Waals surface area contributed by atoms with Crippen LogP contribution in [0.2, 0.25) is 0 Å². The molecule has 0 aromatic carbocycles. The summed E-state index contributed by atoms with van der Waals surface area (Å²) in [5.74, 6) is -1.02. The van der Waals surface area contributed by atoms with Crippen molar-refractivity contribution in [1.29, 1.82) is 0 Å². The van der Waals surface area contributed by atoms with E-state index in [4.69, 9.17) is 9.84 Å². The zero-order valence-electron chi connectivity index (χ0n) is 7.60. The Morgan fingerprint density at radius 3 is 2.79 bits per heavy atom. The molecule has 0 aromatic rings. The fourth-order valence-corrected chi connectivity index (χ4v) is 2.48. The van der Waals surface area contributed by atoms with Gasteiger partial charge in [-0.15, -0.1) is 0 Å². The molecule has 1 fully saturated rings. The van der Waals surface area contributed by atoms with Gasteiger partial charge in [-0.1, -0.05) is 0 Å². The Morgan fingerprint density at radius 1 is 1.57 bits per heavy atom. The summed E-state index contributed by atoms with van der Waals surface area (Å²) in [6, 6.07) is 0. The zero-order chi connectivity index (χ0) is 10.6. The third kappa shape index (κ3) is 3.24. The van der Waals surface area contributed by atoms with Crippen LogP contribution in [0.25, 0.3) is 0 Å². The summed E-state index contributed by atoms with van der Waals surface area (Å²) in [5, 5.41) is 7.78. The first-order chi connectivity index (χ1) is 6.52. The predicted octanol–water partition coefficient (Wildman–Crippen LogP) is -0.831. The Labute approximate surface area is 82.3 Å². The van der Waals surface area contributed by atoms with Gasteiger partial charge in [0.25, 0.3) is 0 Å². The third-order valence-corrected chi connectivity index (χ3v) is 3.82. The number of carboxylic acids is 1. The number of aliphatic carboxylic acids is 1. The number of rotatable bonds is 5. The fourth-order valence-electron chi connectivity index (χ4n) is 1.18. The van der Waals surface area contributed by atoms with Crippen molar-refractivity contribution in [2.45, 2.75) is 18.1 Å². The molecule has 1 rings (SSSR count). The van der Waals surface area contributed by atoms with Crippen LogP contribution in [-0.2, 0) is 19.6 Å². The molecule has 0 amide bonds. The highest BCUT2D eigenvalue weighted by molar-refractivity contribution is 7.90. The van der Waals surface area contributed by atoms with Crippen LogP contribution < -0.4 is 4.72 Å². The molecule has 1 heterocycles. The molecule has 82 valence electrons. The van der Waals surface area contributed by atoms with E-state index in [0.717, 1.165) is 0 Å². The number of carboxylic acid groups (broad SMARTS) is 1. The van der Waals surface area contributed by atoms with Gasteiger partial charge in [-0.3, -0.25) is 4.79 Å². The smallest absolute Gasteiger partial charge is 0.304 e. The quantitative estimate of drug-likeness (QED) is 0.634. The molecule has 0 aliphatic carbocycles. The lowest BCUT2D eigenvalue weighted by Crippen LogP contribution is -2.35. The highest BCUT2D eigenvalue weighted by Gasteiger charge is 2.28. The first kappa shape index (κ1) is 11.4. The first-order valence-corrected chi connectivity index (χ1v) is 5.85. The second-order valence-corrected chi connectivity index (χ2v) is 5.11. The highest BCUT2D eigenvalue weighted by Crippen LogP contribution is 2.12. The number of carbonyl (C=O) groups is 1. The minimum atomic E-state index is -3.39. The molecule has 1 aliphatic heterocycles. The monoisotopic (exact) mass is 223 g/mol. The van der Waals surface area contributed by atoms with Crippen molar-refractivity contribution >= 4 is 16.0 Å². The van der Waals surface area contributed by atoms with Gasteiger partial charge in [0.05, 0.1) is 13.0 Å². The van der Waals surface area contributed by atoms with E-state index < -0.39 is 21.2 Å². The zero-order valence-corrected chi connectivity index (χ0v) is 8.42. The Bertz CT molecular complexity index is 293. The molecule has 0 radical (unpaired) electrons. The topological polar surface area (TPSA) is 92.7 Å². The molecule has 2 N–H and O–H groups in total. The number of hydrogen-bond acceptors (Lipinski definition) is 4. The van der Waals surface area contributed by atoms with E-state index in [1.807, 2.05) is 0 Å². The van der Waals surface area contributed by atoms with Gasteiger partial charge in [-0.05, 0) is 6.42 Å². The molecule has 1 atom stereocenters. The van der Waals surface area contributed by atoms with E-state index in [1.54, 1.807) is 0 Å². The summed E-state index contributed by atoms with van der Waals surface area (Å²) in [4.78, 5) is 10.1. The van der Waals surface area contributed by atoms with Gasteiger partial charge in [0.1, 0.15) is 5.25 Å². The highest BCUT2D eigenvalue weighted by atomic mass is 32.2. The summed E-state index contributed by atoms with van der Waals surface area (Å²) < 4.78 is 30.0. The molecular weight excluding hydrogens is 210 g/mol. The number of hydrogen-bond donors (Lipinski definition) is 2. The van der Waals surface area contributed by atoms with Gasteiger partial charge < -0.3 is 9.84 Å². The van der Waals surface area contributed by atoms with Crippen molar-refractivity contribution in [3.8, 4) is 0 Å². The number of ether oxygens (including phenoxy) is 1. The molecule has 14 heavy (non-hydrogen) atoms. The van der Waals surface area contributed by atoms with Crippen molar-refractivity contribution in [2.24, 2.45) is 0 Å². The molecule has 0 aromatic heterocycles. The second-order valence-electron chi connectivity index (χ2n) is 3.07. The van der Waals surface area contributed by atoms with Crippen LogP contribution in [0.4, 0.5) is 0 Å². The van der Waals surface area contributed by atoms with Gasteiger partial charge in [0.15, 0.2) is 0 Å². The molecule has 1 unspecified atom stereocenters. The van der Waals surface area contributed by atoms with Crippen LogP contribution in [-0.4, -0.2) is 44.5 Å². The average Bonchev–Trinajstić information content (AvgIpc) is 2.54. The number of nitrogens with one attached hydrogen (secondary N) is 1. The Hall–Kier alpha value is -0.660. The van der Waals surface area contributed by atoms with E-state index >= 15 is 0 Å². The first-order valence-electron chi connectivity index (χ1n) is 4.30. The molecule has 0 saturated carbocycles. The largest absolute Gasteiger partial charge is 0.481 e. The third-order valence-electron chi connectivity index (χ3n) is 1.97. The molecule has 1 saturated heterocycles. The summed E-state index contributed by atoms with van der Waals surface area (Å²) in [5.41, 5.74) is 0. The SMILES string of the molecule is O=C(O)CCNS(=O)(=O)C1CCOC1. The lowest BCUT2D eigenvalue weighted by Gasteiger charge is -2.09. The van der Waals surface area contributed by atoms with Crippen molar-refractivity contribution in [3.05, 3.63) is 0 Å². The molecule has 0 bridgehead atoms. The van der Waals surface area contributed by atoms with E-state index in [0.29, 0.717) is 13.0 Å². The van der Waals surface area contributed by atoms with Crippen molar-refractivity contribution in [2.75, 3.05) is 19.8 Å².